The van der Waals surface area contributed by atoms with E-state index in [1.54, 1.807) is 13.0 Å². The van der Waals surface area contributed by atoms with Crippen LogP contribution in [0.25, 0.3) is 0 Å². The van der Waals surface area contributed by atoms with E-state index in [9.17, 15) is 18.4 Å². The maximum absolute atomic E-state index is 14.0. The molecule has 2 aromatic rings. The lowest BCUT2D eigenvalue weighted by molar-refractivity contribution is -0.117. The molecule has 0 aromatic heterocycles. The molecular weight excluding hydrogens is 435 g/mol. The number of benzene rings is 2. The summed E-state index contributed by atoms with van der Waals surface area (Å²) in [6, 6.07) is 4.87. The van der Waals surface area contributed by atoms with Crippen LogP contribution in [0.3, 0.4) is 0 Å². The molecular formula is C18H14Cl3F2N3O2. The van der Waals surface area contributed by atoms with E-state index in [1.165, 1.54) is 6.07 Å². The molecule has 4 N–H and O–H groups in total. The Morgan fingerprint density at radius 3 is 2.46 bits per heavy atom. The van der Waals surface area contributed by atoms with Crippen molar-refractivity contribution in [1.82, 2.24) is 0 Å². The predicted molar refractivity (Wildman–Crippen MR) is 106 cm³/mol. The number of carbonyl (C=O) groups is 2. The molecule has 1 saturated carbocycles. The molecule has 5 nitrogen and oxygen atoms in total. The Hall–Kier alpha value is -2.09. The fourth-order valence-electron chi connectivity index (χ4n) is 2.59. The van der Waals surface area contributed by atoms with Crippen LogP contribution in [0, 0.1) is 24.5 Å². The van der Waals surface area contributed by atoms with Crippen LogP contribution in [-0.4, -0.2) is 16.1 Å². The molecule has 1 atom stereocenters. The summed E-state index contributed by atoms with van der Waals surface area (Å²) in [4.78, 5) is 24.7. The molecule has 1 aliphatic rings. The van der Waals surface area contributed by atoms with E-state index in [2.05, 4.69) is 10.6 Å². The second-order valence-electron chi connectivity index (χ2n) is 6.44. The number of nitrogens with two attached hydrogens (primary N) is 1. The van der Waals surface area contributed by atoms with Gasteiger partial charge in [-0.25, -0.2) is 8.78 Å². The highest BCUT2D eigenvalue weighted by atomic mass is 35.5. The number of amides is 2. The molecule has 0 spiro atoms. The first kappa shape index (κ1) is 20.6. The molecule has 1 fully saturated rings. The molecule has 3 rings (SSSR count). The number of aryl methyl sites for hydroxylation is 1. The van der Waals surface area contributed by atoms with E-state index in [4.69, 9.17) is 40.5 Å². The lowest BCUT2D eigenvalue weighted by atomic mass is 10.1. The van der Waals surface area contributed by atoms with Gasteiger partial charge in [0.15, 0.2) is 5.82 Å². The Morgan fingerprint density at radius 1 is 1.21 bits per heavy atom. The first-order chi connectivity index (χ1) is 13.0. The first-order valence-electron chi connectivity index (χ1n) is 8.05. The maximum Gasteiger partial charge on any atom is 0.257 e. The Morgan fingerprint density at radius 2 is 1.86 bits per heavy atom. The highest BCUT2D eigenvalue weighted by Crippen LogP contribution is 2.53. The van der Waals surface area contributed by atoms with Crippen molar-refractivity contribution in [2.45, 2.75) is 17.7 Å². The topological polar surface area (TPSA) is 84.2 Å². The van der Waals surface area contributed by atoms with Gasteiger partial charge < -0.3 is 16.4 Å². The second kappa shape index (κ2) is 7.39. The van der Waals surface area contributed by atoms with E-state index >= 15 is 0 Å². The van der Waals surface area contributed by atoms with E-state index in [0.29, 0.717) is 17.7 Å². The van der Waals surface area contributed by atoms with Crippen molar-refractivity contribution in [1.29, 1.82) is 0 Å². The smallest absolute Gasteiger partial charge is 0.257 e. The fraction of sp³-hybridized carbons (Fsp3) is 0.222. The SMILES string of the molecule is Cc1cc(NC(=O)C2CC2(Cl)Cl)cc(C(=O)Nc2ccc(F)c(N)c2F)c1Cl. The number of hydrogen-bond acceptors (Lipinski definition) is 3. The zero-order valence-electron chi connectivity index (χ0n) is 14.4. The van der Waals surface area contributed by atoms with Crippen molar-refractivity contribution >= 4 is 63.7 Å². The summed E-state index contributed by atoms with van der Waals surface area (Å²) in [5.74, 6) is -3.75. The number of anilines is 3. The van der Waals surface area contributed by atoms with Crippen LogP contribution in [0.2, 0.25) is 5.02 Å². The molecule has 2 aromatic carbocycles. The number of hydrogen-bond donors (Lipinski definition) is 3. The molecule has 28 heavy (non-hydrogen) atoms. The molecule has 1 unspecified atom stereocenters. The molecule has 0 bridgehead atoms. The standard InChI is InChI=1S/C18H14Cl3F2N3O2/c1-7-4-8(25-17(28)10-6-18(10,20)21)5-9(13(7)19)16(27)26-12-3-2-11(22)15(24)14(12)23/h2-5,10H,6,24H2,1H3,(H,25,28)(H,26,27). The van der Waals surface area contributed by atoms with Gasteiger partial charge in [-0.15, -0.1) is 23.2 Å². The van der Waals surface area contributed by atoms with Crippen LogP contribution in [0.5, 0.6) is 0 Å². The van der Waals surface area contributed by atoms with Crippen LogP contribution in [0.1, 0.15) is 22.3 Å². The summed E-state index contributed by atoms with van der Waals surface area (Å²) in [5.41, 5.74) is 5.06. The minimum absolute atomic E-state index is 0.0157. The van der Waals surface area contributed by atoms with Crippen molar-refractivity contribution in [3.05, 3.63) is 52.0 Å². The number of rotatable bonds is 4. The van der Waals surface area contributed by atoms with E-state index < -0.39 is 39.4 Å². The minimum atomic E-state index is -1.10. The quantitative estimate of drug-likeness (QED) is 0.460. The summed E-state index contributed by atoms with van der Waals surface area (Å²) < 4.78 is 26.2. The molecule has 1 aliphatic carbocycles. The van der Waals surface area contributed by atoms with E-state index in [1.807, 2.05) is 0 Å². The molecule has 0 saturated heterocycles. The summed E-state index contributed by atoms with van der Waals surface area (Å²) in [5, 5.41) is 5.03. The first-order valence-corrected chi connectivity index (χ1v) is 9.18. The highest BCUT2D eigenvalue weighted by Gasteiger charge is 2.56. The molecule has 148 valence electrons. The number of nitrogen functional groups attached to an aromatic ring is 1. The zero-order chi connectivity index (χ0) is 20.8. The fourth-order valence-corrected chi connectivity index (χ4v) is 3.29. The van der Waals surface area contributed by atoms with Crippen LogP contribution in [0.15, 0.2) is 24.3 Å². The van der Waals surface area contributed by atoms with Gasteiger partial charge in [0.2, 0.25) is 5.91 Å². The second-order valence-corrected chi connectivity index (χ2v) is 8.36. The summed E-state index contributed by atoms with van der Waals surface area (Å²) in [6.45, 7) is 1.63. The van der Waals surface area contributed by atoms with Gasteiger partial charge in [-0.3, -0.25) is 9.59 Å². The third kappa shape index (κ3) is 4.01. The summed E-state index contributed by atoms with van der Waals surface area (Å²) in [7, 11) is 0. The molecule has 10 heteroatoms. The van der Waals surface area contributed by atoms with Crippen molar-refractivity contribution in [3.63, 3.8) is 0 Å². The van der Waals surface area contributed by atoms with Gasteiger partial charge in [0.05, 0.1) is 22.2 Å². The molecule has 2 amide bonds. The average molecular weight is 449 g/mol. The zero-order valence-corrected chi connectivity index (χ0v) is 16.6. The maximum atomic E-state index is 14.0. The van der Waals surface area contributed by atoms with Gasteiger partial charge in [0, 0.05) is 5.69 Å². The average Bonchev–Trinajstić information content (AvgIpc) is 3.27. The van der Waals surface area contributed by atoms with E-state index in [0.717, 1.165) is 12.1 Å². The van der Waals surface area contributed by atoms with Gasteiger partial charge in [-0.05, 0) is 43.2 Å². The van der Waals surface area contributed by atoms with Gasteiger partial charge in [-0.2, -0.15) is 0 Å². The van der Waals surface area contributed by atoms with Crippen molar-refractivity contribution in [3.8, 4) is 0 Å². The lowest BCUT2D eigenvalue weighted by Gasteiger charge is -2.13. The molecule has 0 heterocycles. The Labute approximate surface area is 174 Å². The lowest BCUT2D eigenvalue weighted by Crippen LogP contribution is -2.19. The Kier molecular flexibility index (Phi) is 5.44. The third-order valence-electron chi connectivity index (χ3n) is 4.28. The van der Waals surface area contributed by atoms with Crippen molar-refractivity contribution in [2.24, 2.45) is 5.92 Å². The number of carbonyl (C=O) groups excluding carboxylic acids is 2. The molecule has 0 radical (unpaired) electrons. The third-order valence-corrected chi connectivity index (χ3v) is 5.62. The normalized spacial score (nSPS) is 17.1. The van der Waals surface area contributed by atoms with Crippen LogP contribution < -0.4 is 16.4 Å². The van der Waals surface area contributed by atoms with Crippen molar-refractivity contribution in [2.75, 3.05) is 16.4 Å². The minimum Gasteiger partial charge on any atom is -0.394 e. The summed E-state index contributed by atoms with van der Waals surface area (Å²) in [6.07, 6.45) is 0.327. The van der Waals surface area contributed by atoms with Crippen LogP contribution >= 0.6 is 34.8 Å². The number of alkyl halides is 2. The predicted octanol–water partition coefficient (Wildman–Crippen LogP) is 4.89. The van der Waals surface area contributed by atoms with Gasteiger partial charge in [0.1, 0.15) is 15.8 Å². The van der Waals surface area contributed by atoms with Gasteiger partial charge >= 0.3 is 0 Å². The monoisotopic (exact) mass is 447 g/mol. The van der Waals surface area contributed by atoms with Crippen LogP contribution in [-0.2, 0) is 4.79 Å². The highest BCUT2D eigenvalue weighted by molar-refractivity contribution is 6.52. The number of halogens is 5. The Bertz CT molecular complexity index is 999. The largest absolute Gasteiger partial charge is 0.394 e. The van der Waals surface area contributed by atoms with Crippen LogP contribution in [0.4, 0.5) is 25.8 Å². The summed E-state index contributed by atoms with van der Waals surface area (Å²) >= 11 is 18.0. The van der Waals surface area contributed by atoms with Crippen molar-refractivity contribution < 1.29 is 18.4 Å². The van der Waals surface area contributed by atoms with Gasteiger partial charge in [0.25, 0.3) is 5.91 Å². The molecule has 0 aliphatic heterocycles. The Balaban J connectivity index is 1.85. The number of nitrogens with one attached hydrogen (secondary N) is 2. The van der Waals surface area contributed by atoms with E-state index in [-0.39, 0.29) is 16.3 Å². The van der Waals surface area contributed by atoms with Gasteiger partial charge in [-0.1, -0.05) is 11.6 Å².